The van der Waals surface area contributed by atoms with E-state index in [-0.39, 0.29) is 17.9 Å². The quantitative estimate of drug-likeness (QED) is 0.376. The Bertz CT molecular complexity index is 426. The van der Waals surface area contributed by atoms with Gasteiger partial charge in [-0.15, -0.1) is 0 Å². The van der Waals surface area contributed by atoms with Gasteiger partial charge in [0.15, 0.2) is 6.33 Å². The van der Waals surface area contributed by atoms with Crippen LogP contribution in [0.1, 0.15) is 12.1 Å². The molecule has 0 aliphatic heterocycles. The number of imidazole rings is 1. The predicted molar refractivity (Wildman–Crippen MR) is 45.9 cm³/mol. The van der Waals surface area contributed by atoms with Crippen LogP contribution in [0.2, 0.25) is 0 Å². The summed E-state index contributed by atoms with van der Waals surface area (Å²) >= 11 is 0. The first-order chi connectivity index (χ1) is 6.61. The number of aromatic nitrogens is 2. The molecule has 0 aliphatic carbocycles. The first-order valence-corrected chi connectivity index (χ1v) is 3.56. The average Bonchev–Trinajstić information content (AvgIpc) is 2.51. The number of amides is 1. The van der Waals surface area contributed by atoms with Crippen LogP contribution < -0.4 is 5.73 Å². The summed E-state index contributed by atoms with van der Waals surface area (Å²) in [5, 5.41) is 10.4. The SMILES string of the molecule is NC(=O)CC#Cc1nc[nH]c1[N+](=O)[O-]. The van der Waals surface area contributed by atoms with Gasteiger partial charge in [-0.25, -0.2) is 4.98 Å². The molecule has 0 bridgehead atoms. The van der Waals surface area contributed by atoms with E-state index in [2.05, 4.69) is 21.8 Å². The molecule has 72 valence electrons. The van der Waals surface area contributed by atoms with Crippen molar-refractivity contribution in [3.8, 4) is 11.8 Å². The van der Waals surface area contributed by atoms with Crippen LogP contribution >= 0.6 is 0 Å². The molecule has 14 heavy (non-hydrogen) atoms. The van der Waals surface area contributed by atoms with Crippen LogP contribution in [0.4, 0.5) is 5.82 Å². The zero-order valence-electron chi connectivity index (χ0n) is 6.98. The molecule has 0 radical (unpaired) electrons. The summed E-state index contributed by atoms with van der Waals surface area (Å²) in [7, 11) is 0. The Morgan fingerprint density at radius 2 is 2.50 bits per heavy atom. The van der Waals surface area contributed by atoms with E-state index in [1.165, 1.54) is 0 Å². The van der Waals surface area contributed by atoms with E-state index in [9.17, 15) is 14.9 Å². The first kappa shape index (κ1) is 9.73. The second-order valence-electron chi connectivity index (χ2n) is 2.30. The first-order valence-electron chi connectivity index (χ1n) is 3.56. The van der Waals surface area contributed by atoms with Crippen LogP contribution in [0.3, 0.4) is 0 Å². The lowest BCUT2D eigenvalue weighted by Gasteiger charge is -1.88. The van der Waals surface area contributed by atoms with Gasteiger partial charge >= 0.3 is 5.82 Å². The monoisotopic (exact) mass is 194 g/mol. The van der Waals surface area contributed by atoms with E-state index < -0.39 is 10.8 Å². The fourth-order valence-electron chi connectivity index (χ4n) is 0.733. The van der Waals surface area contributed by atoms with E-state index in [0.717, 1.165) is 6.33 Å². The zero-order chi connectivity index (χ0) is 10.6. The van der Waals surface area contributed by atoms with E-state index in [0.29, 0.717) is 0 Å². The Morgan fingerprint density at radius 3 is 3.07 bits per heavy atom. The molecular weight excluding hydrogens is 188 g/mol. The molecule has 0 fully saturated rings. The normalized spacial score (nSPS) is 8.86. The van der Waals surface area contributed by atoms with Gasteiger partial charge < -0.3 is 15.8 Å². The minimum Gasteiger partial charge on any atom is -0.369 e. The molecular formula is C7H6N4O3. The standard InChI is InChI=1S/C7H6N4O3/c8-6(12)3-1-2-5-7(11(13)14)10-4-9-5/h4H,3H2,(H2,8,12)(H,9,10). The molecule has 0 unspecified atom stereocenters. The van der Waals surface area contributed by atoms with Gasteiger partial charge in [-0.05, 0) is 10.8 Å². The van der Waals surface area contributed by atoms with Gasteiger partial charge in [-0.2, -0.15) is 4.98 Å². The van der Waals surface area contributed by atoms with Crippen molar-refractivity contribution in [1.82, 2.24) is 9.97 Å². The summed E-state index contributed by atoms with van der Waals surface area (Å²) in [4.78, 5) is 25.9. The largest absolute Gasteiger partial charge is 0.369 e. The Labute approximate surface area is 78.5 Å². The molecule has 1 aromatic rings. The number of rotatable bonds is 2. The summed E-state index contributed by atoms with van der Waals surface area (Å²) in [5.41, 5.74) is 4.82. The molecule has 3 N–H and O–H groups in total. The van der Waals surface area contributed by atoms with Gasteiger partial charge in [0.1, 0.15) is 0 Å². The summed E-state index contributed by atoms with van der Waals surface area (Å²) < 4.78 is 0. The van der Waals surface area contributed by atoms with Crippen molar-refractivity contribution in [1.29, 1.82) is 0 Å². The Balaban J connectivity index is 2.84. The fourth-order valence-corrected chi connectivity index (χ4v) is 0.733. The van der Waals surface area contributed by atoms with Crippen molar-refractivity contribution in [3.05, 3.63) is 22.1 Å². The number of nitrogens with two attached hydrogens (primary N) is 1. The van der Waals surface area contributed by atoms with Crippen molar-refractivity contribution in [3.63, 3.8) is 0 Å². The lowest BCUT2D eigenvalue weighted by molar-refractivity contribution is -0.389. The van der Waals surface area contributed by atoms with Crippen LogP contribution in [-0.4, -0.2) is 20.8 Å². The van der Waals surface area contributed by atoms with Crippen LogP contribution in [-0.2, 0) is 4.79 Å². The van der Waals surface area contributed by atoms with Gasteiger partial charge in [0.2, 0.25) is 11.6 Å². The minimum absolute atomic E-state index is 0.00347. The third-order valence-corrected chi connectivity index (χ3v) is 1.27. The second kappa shape index (κ2) is 4.04. The average molecular weight is 194 g/mol. The summed E-state index contributed by atoms with van der Waals surface area (Å²) in [6.07, 6.45) is 1.01. The number of carbonyl (C=O) groups is 1. The van der Waals surface area contributed by atoms with Gasteiger partial charge in [-0.3, -0.25) is 4.79 Å². The molecule has 0 aliphatic rings. The molecule has 1 heterocycles. The smallest absolute Gasteiger partial charge is 0.356 e. The number of H-pyrrole nitrogens is 1. The maximum atomic E-state index is 10.4. The number of nitro groups is 1. The fraction of sp³-hybridized carbons (Fsp3) is 0.143. The number of hydrogen-bond donors (Lipinski definition) is 2. The highest BCUT2D eigenvalue weighted by atomic mass is 16.6. The molecule has 0 spiro atoms. The van der Waals surface area contributed by atoms with Gasteiger partial charge in [0, 0.05) is 0 Å². The topological polar surface area (TPSA) is 115 Å². The third kappa shape index (κ3) is 2.31. The highest BCUT2D eigenvalue weighted by Gasteiger charge is 2.11. The van der Waals surface area contributed by atoms with Crippen molar-refractivity contribution in [2.24, 2.45) is 5.73 Å². The number of nitrogens with one attached hydrogen (secondary N) is 1. The highest BCUT2D eigenvalue weighted by molar-refractivity contribution is 5.76. The summed E-state index contributed by atoms with van der Waals surface area (Å²) in [6.45, 7) is 0. The van der Waals surface area contributed by atoms with Crippen LogP contribution in [0.5, 0.6) is 0 Å². The summed E-state index contributed by atoms with van der Waals surface area (Å²) in [5.74, 6) is 3.86. The zero-order valence-corrected chi connectivity index (χ0v) is 6.98. The Morgan fingerprint density at radius 1 is 1.79 bits per heavy atom. The van der Waals surface area contributed by atoms with Crippen molar-refractivity contribution in [2.75, 3.05) is 0 Å². The van der Waals surface area contributed by atoms with E-state index in [4.69, 9.17) is 5.73 Å². The minimum atomic E-state index is -0.638. The van der Waals surface area contributed by atoms with Crippen molar-refractivity contribution in [2.45, 2.75) is 6.42 Å². The summed E-state index contributed by atoms with van der Waals surface area (Å²) in [6, 6.07) is 0. The number of aromatic amines is 1. The molecule has 1 rings (SSSR count). The lowest BCUT2D eigenvalue weighted by atomic mass is 10.3. The molecule has 7 heteroatoms. The molecule has 0 aromatic carbocycles. The number of primary amides is 1. The van der Waals surface area contributed by atoms with Gasteiger partial charge in [0.25, 0.3) is 0 Å². The van der Waals surface area contributed by atoms with Crippen LogP contribution in [0.15, 0.2) is 6.33 Å². The lowest BCUT2D eigenvalue weighted by Crippen LogP contribution is -2.08. The van der Waals surface area contributed by atoms with Crippen LogP contribution in [0.25, 0.3) is 0 Å². The van der Waals surface area contributed by atoms with Gasteiger partial charge in [0.05, 0.1) is 6.42 Å². The Kier molecular flexibility index (Phi) is 2.81. The van der Waals surface area contributed by atoms with Crippen molar-refractivity contribution >= 4 is 11.7 Å². The number of nitrogens with zero attached hydrogens (tertiary/aromatic N) is 2. The maximum absolute atomic E-state index is 10.4. The molecule has 0 saturated heterocycles. The maximum Gasteiger partial charge on any atom is 0.356 e. The van der Waals surface area contributed by atoms with E-state index in [1.54, 1.807) is 0 Å². The predicted octanol–water partition coefficient (Wildman–Crippen LogP) is -0.455. The highest BCUT2D eigenvalue weighted by Crippen LogP contribution is 2.09. The molecule has 0 saturated carbocycles. The second-order valence-corrected chi connectivity index (χ2v) is 2.30. The third-order valence-electron chi connectivity index (χ3n) is 1.27. The van der Waals surface area contributed by atoms with E-state index in [1.807, 2.05) is 0 Å². The van der Waals surface area contributed by atoms with Crippen molar-refractivity contribution < 1.29 is 9.72 Å². The van der Waals surface area contributed by atoms with E-state index >= 15 is 0 Å². The van der Waals surface area contributed by atoms with Crippen LogP contribution in [0, 0.1) is 22.0 Å². The number of hydrogen-bond acceptors (Lipinski definition) is 4. The number of carbonyl (C=O) groups excluding carboxylic acids is 1. The Hall–Kier alpha value is -2.36. The van der Waals surface area contributed by atoms with Gasteiger partial charge in [-0.1, -0.05) is 5.92 Å². The molecule has 1 amide bonds. The molecule has 1 aromatic heterocycles. The molecule has 7 nitrogen and oxygen atoms in total. The molecule has 0 atom stereocenters.